The third-order valence-corrected chi connectivity index (χ3v) is 3.57. The number of carbonyl (C=O) groups excluding carboxylic acids is 1. The molecule has 20 heavy (non-hydrogen) atoms. The third kappa shape index (κ3) is 3.94. The maximum atomic E-state index is 12.3. The van der Waals surface area contributed by atoms with Gasteiger partial charge in [0, 0.05) is 24.3 Å². The molecule has 1 heterocycles. The van der Waals surface area contributed by atoms with Crippen molar-refractivity contribution < 1.29 is 17.9 Å². The van der Waals surface area contributed by atoms with Crippen LogP contribution in [0.1, 0.15) is 17.3 Å². The lowest BCUT2D eigenvalue weighted by Gasteiger charge is -2.31. The van der Waals surface area contributed by atoms with Gasteiger partial charge in [-0.15, -0.1) is 0 Å². The highest BCUT2D eigenvalue weighted by Gasteiger charge is 2.22. The van der Waals surface area contributed by atoms with Crippen LogP contribution in [0.25, 0.3) is 0 Å². The molecule has 1 fully saturated rings. The van der Waals surface area contributed by atoms with E-state index in [0.717, 1.165) is 6.26 Å². The van der Waals surface area contributed by atoms with Crippen LogP contribution in [0.4, 0.5) is 5.69 Å². The minimum absolute atomic E-state index is 0.0406. The summed E-state index contributed by atoms with van der Waals surface area (Å²) < 4.78 is 30.0. The predicted molar refractivity (Wildman–Crippen MR) is 76.2 cm³/mol. The average Bonchev–Trinajstić information content (AvgIpc) is 2.37. The second-order valence-electron chi connectivity index (χ2n) is 4.88. The fourth-order valence-electron chi connectivity index (χ4n) is 2.08. The summed E-state index contributed by atoms with van der Waals surface area (Å²) in [6, 6.07) is 6.41. The topological polar surface area (TPSA) is 75.7 Å². The summed E-state index contributed by atoms with van der Waals surface area (Å²) in [7, 11) is -3.30. The number of ether oxygens (including phenoxy) is 1. The second-order valence-corrected chi connectivity index (χ2v) is 6.63. The van der Waals surface area contributed by atoms with Gasteiger partial charge in [0.2, 0.25) is 10.0 Å². The molecule has 1 amide bonds. The van der Waals surface area contributed by atoms with E-state index >= 15 is 0 Å². The van der Waals surface area contributed by atoms with E-state index in [1.807, 2.05) is 6.92 Å². The van der Waals surface area contributed by atoms with Gasteiger partial charge in [-0.05, 0) is 31.2 Å². The molecule has 0 aromatic heterocycles. The molecule has 1 aromatic carbocycles. The van der Waals surface area contributed by atoms with Gasteiger partial charge in [0.05, 0.1) is 19.0 Å². The zero-order valence-electron chi connectivity index (χ0n) is 11.5. The largest absolute Gasteiger partial charge is 0.375 e. The summed E-state index contributed by atoms with van der Waals surface area (Å²) in [5.74, 6) is -0.0638. The van der Waals surface area contributed by atoms with E-state index in [1.165, 1.54) is 0 Å². The predicted octanol–water partition coefficient (Wildman–Crippen LogP) is 0.919. The second kappa shape index (κ2) is 5.80. The Hall–Kier alpha value is -1.60. The van der Waals surface area contributed by atoms with Crippen LogP contribution < -0.4 is 4.72 Å². The summed E-state index contributed by atoms with van der Waals surface area (Å²) in [6.07, 6.45) is 1.13. The van der Waals surface area contributed by atoms with Gasteiger partial charge in [-0.1, -0.05) is 0 Å². The Morgan fingerprint density at radius 3 is 2.55 bits per heavy atom. The number of hydrogen-bond acceptors (Lipinski definition) is 4. The molecule has 6 nitrogen and oxygen atoms in total. The zero-order valence-corrected chi connectivity index (χ0v) is 12.3. The van der Waals surface area contributed by atoms with E-state index < -0.39 is 10.0 Å². The number of nitrogens with zero attached hydrogens (tertiary/aromatic N) is 1. The van der Waals surface area contributed by atoms with Crippen LogP contribution >= 0.6 is 0 Å². The van der Waals surface area contributed by atoms with Gasteiger partial charge in [-0.2, -0.15) is 0 Å². The Labute approximate surface area is 118 Å². The quantitative estimate of drug-likeness (QED) is 0.900. The van der Waals surface area contributed by atoms with Crippen molar-refractivity contribution in [2.75, 3.05) is 30.7 Å². The van der Waals surface area contributed by atoms with Crippen LogP contribution in [0.15, 0.2) is 24.3 Å². The van der Waals surface area contributed by atoms with Gasteiger partial charge in [0.1, 0.15) is 0 Å². The average molecular weight is 298 g/mol. The first-order chi connectivity index (χ1) is 9.35. The molecule has 0 saturated carbocycles. The molecule has 1 aliphatic heterocycles. The molecule has 1 saturated heterocycles. The SMILES string of the molecule is CC1CN(C(=O)c2ccc(NS(C)(=O)=O)cc2)CCO1. The Balaban J connectivity index is 2.07. The van der Waals surface area contributed by atoms with Crippen molar-refractivity contribution in [3.05, 3.63) is 29.8 Å². The summed E-state index contributed by atoms with van der Waals surface area (Å²) in [6.45, 7) is 3.62. The van der Waals surface area contributed by atoms with Crippen molar-refractivity contribution in [2.45, 2.75) is 13.0 Å². The van der Waals surface area contributed by atoms with Crippen LogP contribution in [-0.2, 0) is 14.8 Å². The van der Waals surface area contributed by atoms with Crippen molar-refractivity contribution in [3.8, 4) is 0 Å². The maximum absolute atomic E-state index is 12.3. The summed E-state index contributed by atoms with van der Waals surface area (Å²) >= 11 is 0. The minimum Gasteiger partial charge on any atom is -0.375 e. The minimum atomic E-state index is -3.30. The Bertz CT molecular complexity index is 583. The first kappa shape index (κ1) is 14.8. The van der Waals surface area contributed by atoms with Gasteiger partial charge in [-0.3, -0.25) is 9.52 Å². The molecule has 1 atom stereocenters. The van der Waals surface area contributed by atoms with Crippen molar-refractivity contribution in [2.24, 2.45) is 0 Å². The van der Waals surface area contributed by atoms with Crippen LogP contribution in [0.5, 0.6) is 0 Å². The summed E-state index contributed by atoms with van der Waals surface area (Å²) in [4.78, 5) is 14.0. The lowest BCUT2D eigenvalue weighted by atomic mass is 10.1. The molecule has 1 N–H and O–H groups in total. The van der Waals surface area contributed by atoms with E-state index in [-0.39, 0.29) is 12.0 Å². The van der Waals surface area contributed by atoms with Gasteiger partial charge in [0.25, 0.3) is 5.91 Å². The van der Waals surface area contributed by atoms with Crippen molar-refractivity contribution in [1.82, 2.24) is 4.90 Å². The zero-order chi connectivity index (χ0) is 14.8. The number of hydrogen-bond donors (Lipinski definition) is 1. The molecular weight excluding hydrogens is 280 g/mol. The van der Waals surface area contributed by atoms with Crippen LogP contribution in [0.2, 0.25) is 0 Å². The molecule has 0 spiro atoms. The number of benzene rings is 1. The summed E-state index contributed by atoms with van der Waals surface area (Å²) in [5.41, 5.74) is 0.984. The first-order valence-electron chi connectivity index (χ1n) is 6.34. The van der Waals surface area contributed by atoms with E-state index in [1.54, 1.807) is 29.2 Å². The van der Waals surface area contributed by atoms with Crippen molar-refractivity contribution in [3.63, 3.8) is 0 Å². The number of morpholine rings is 1. The summed E-state index contributed by atoms with van der Waals surface area (Å²) in [5, 5.41) is 0. The number of anilines is 1. The molecule has 1 aromatic rings. The third-order valence-electron chi connectivity index (χ3n) is 2.96. The van der Waals surface area contributed by atoms with Gasteiger partial charge >= 0.3 is 0 Å². The van der Waals surface area contributed by atoms with E-state index in [2.05, 4.69) is 4.72 Å². The number of amides is 1. The lowest BCUT2D eigenvalue weighted by molar-refractivity contribution is -0.0124. The smallest absolute Gasteiger partial charge is 0.254 e. The first-order valence-corrected chi connectivity index (χ1v) is 8.23. The number of rotatable bonds is 3. The van der Waals surface area contributed by atoms with Gasteiger partial charge in [0.15, 0.2) is 0 Å². The molecule has 0 bridgehead atoms. The molecule has 1 unspecified atom stereocenters. The van der Waals surface area contributed by atoms with Gasteiger partial charge in [-0.25, -0.2) is 8.42 Å². The number of nitrogens with one attached hydrogen (secondary N) is 1. The van der Waals surface area contributed by atoms with Crippen LogP contribution in [0.3, 0.4) is 0 Å². The Morgan fingerprint density at radius 2 is 2.00 bits per heavy atom. The normalized spacial score (nSPS) is 19.7. The van der Waals surface area contributed by atoms with Crippen molar-refractivity contribution >= 4 is 21.6 Å². The lowest BCUT2D eigenvalue weighted by Crippen LogP contribution is -2.44. The maximum Gasteiger partial charge on any atom is 0.254 e. The highest BCUT2D eigenvalue weighted by molar-refractivity contribution is 7.92. The van der Waals surface area contributed by atoms with Crippen LogP contribution in [0, 0.1) is 0 Å². The van der Waals surface area contributed by atoms with Gasteiger partial charge < -0.3 is 9.64 Å². The Kier molecular flexibility index (Phi) is 4.29. The molecule has 110 valence electrons. The molecule has 0 radical (unpaired) electrons. The highest BCUT2D eigenvalue weighted by Crippen LogP contribution is 2.14. The van der Waals surface area contributed by atoms with E-state index in [9.17, 15) is 13.2 Å². The van der Waals surface area contributed by atoms with E-state index in [4.69, 9.17) is 4.74 Å². The number of sulfonamides is 1. The fraction of sp³-hybridized carbons (Fsp3) is 0.462. The molecule has 1 aliphatic rings. The molecule has 0 aliphatic carbocycles. The monoisotopic (exact) mass is 298 g/mol. The molecular formula is C13H18N2O4S. The Morgan fingerprint density at radius 1 is 1.35 bits per heavy atom. The highest BCUT2D eigenvalue weighted by atomic mass is 32.2. The molecule has 2 rings (SSSR count). The van der Waals surface area contributed by atoms with Crippen LogP contribution in [-0.4, -0.2) is 51.3 Å². The fourth-order valence-corrected chi connectivity index (χ4v) is 2.64. The molecule has 7 heteroatoms. The number of carbonyl (C=O) groups is 1. The standard InChI is InChI=1S/C13H18N2O4S/c1-10-9-15(7-8-19-10)13(16)11-3-5-12(6-4-11)14-20(2,17)18/h3-6,10,14H,7-9H2,1-2H3. The van der Waals surface area contributed by atoms with E-state index in [0.29, 0.717) is 30.9 Å². The van der Waals surface area contributed by atoms with Crippen molar-refractivity contribution in [1.29, 1.82) is 0 Å².